The number of carbonyl (C=O) groups excluding carboxylic acids is 2. The van der Waals surface area contributed by atoms with Gasteiger partial charge >= 0.3 is 0 Å². The van der Waals surface area contributed by atoms with Crippen LogP contribution in [0, 0.1) is 5.41 Å². The molecule has 4 rings (SSSR count). The molecule has 1 spiro atoms. The molecule has 2 aromatic carbocycles. The van der Waals surface area contributed by atoms with Crippen LogP contribution in [0.2, 0.25) is 0 Å². The van der Waals surface area contributed by atoms with Crippen molar-refractivity contribution in [3.63, 3.8) is 0 Å². The Labute approximate surface area is 203 Å². The highest BCUT2D eigenvalue weighted by Gasteiger charge is 2.37. The van der Waals surface area contributed by atoms with E-state index in [1.54, 1.807) is 0 Å². The van der Waals surface area contributed by atoms with Gasteiger partial charge in [-0.2, -0.15) is 0 Å². The lowest BCUT2D eigenvalue weighted by Crippen LogP contribution is -2.49. The van der Waals surface area contributed by atoms with Crippen molar-refractivity contribution in [3.8, 4) is 5.75 Å². The largest absolute Gasteiger partial charge is 0.483 e. The van der Waals surface area contributed by atoms with Gasteiger partial charge in [0.1, 0.15) is 5.75 Å². The van der Waals surface area contributed by atoms with Crippen LogP contribution >= 0.6 is 0 Å². The summed E-state index contributed by atoms with van der Waals surface area (Å²) in [5.41, 5.74) is 3.05. The molecule has 0 N–H and O–H groups in total. The number of aryl methyl sites for hydroxylation is 1. The van der Waals surface area contributed by atoms with E-state index in [0.717, 1.165) is 75.2 Å². The fourth-order valence-electron chi connectivity index (χ4n) is 5.26. The highest BCUT2D eigenvalue weighted by Crippen LogP contribution is 2.38. The summed E-state index contributed by atoms with van der Waals surface area (Å²) in [6.07, 6.45) is 6.08. The molecule has 2 aliphatic heterocycles. The number of piperidine rings is 1. The van der Waals surface area contributed by atoms with Gasteiger partial charge in [0.25, 0.3) is 11.8 Å². The molecule has 0 bridgehead atoms. The molecule has 0 unspecified atom stereocenters. The van der Waals surface area contributed by atoms with Crippen LogP contribution in [0.5, 0.6) is 5.75 Å². The van der Waals surface area contributed by atoms with E-state index in [9.17, 15) is 9.59 Å². The molecule has 2 aliphatic rings. The minimum atomic E-state index is 0.00856. The molecule has 1 fully saturated rings. The number of para-hydroxylation sites is 1. The number of anilines is 1. The Morgan fingerprint density at radius 2 is 1.68 bits per heavy atom. The lowest BCUT2D eigenvalue weighted by Gasteiger charge is -2.44. The predicted molar refractivity (Wildman–Crippen MR) is 135 cm³/mol. The fraction of sp³-hybridized carbons (Fsp3) is 0.500. The van der Waals surface area contributed by atoms with Crippen LogP contribution in [0.15, 0.2) is 48.5 Å². The minimum absolute atomic E-state index is 0.00856. The number of hydrogen-bond donors (Lipinski definition) is 0. The monoisotopic (exact) mass is 463 g/mol. The smallest absolute Gasteiger partial charge is 0.260 e. The molecule has 0 saturated carbocycles. The van der Waals surface area contributed by atoms with Gasteiger partial charge in [-0.15, -0.1) is 0 Å². The second-order valence-electron chi connectivity index (χ2n) is 10.1. The summed E-state index contributed by atoms with van der Waals surface area (Å²) >= 11 is 0. The molecule has 0 aromatic heterocycles. The van der Waals surface area contributed by atoms with Crippen molar-refractivity contribution in [3.05, 3.63) is 59.7 Å². The molecule has 1 saturated heterocycles. The molecule has 2 heterocycles. The Bertz CT molecular complexity index is 994. The number of ether oxygens (including phenoxy) is 1. The first-order valence-electron chi connectivity index (χ1n) is 12.4. The molecule has 6 heteroatoms. The molecule has 34 heavy (non-hydrogen) atoms. The maximum Gasteiger partial charge on any atom is 0.260 e. The molecule has 0 atom stereocenters. The van der Waals surface area contributed by atoms with E-state index in [1.807, 2.05) is 78.3 Å². The average Bonchev–Trinajstić information content (AvgIpc) is 2.85. The average molecular weight is 464 g/mol. The Morgan fingerprint density at radius 1 is 0.971 bits per heavy atom. The quantitative estimate of drug-likeness (QED) is 0.669. The van der Waals surface area contributed by atoms with Gasteiger partial charge in [-0.25, -0.2) is 0 Å². The zero-order valence-electron chi connectivity index (χ0n) is 20.8. The van der Waals surface area contributed by atoms with Gasteiger partial charge < -0.3 is 19.4 Å². The zero-order valence-corrected chi connectivity index (χ0v) is 20.8. The van der Waals surface area contributed by atoms with Crippen LogP contribution in [-0.4, -0.2) is 69.0 Å². The van der Waals surface area contributed by atoms with Crippen molar-refractivity contribution < 1.29 is 14.3 Å². The van der Waals surface area contributed by atoms with Crippen molar-refractivity contribution in [1.82, 2.24) is 9.80 Å². The molecular formula is C28H37N3O3. The van der Waals surface area contributed by atoms with E-state index in [0.29, 0.717) is 0 Å². The van der Waals surface area contributed by atoms with Crippen LogP contribution in [-0.2, 0) is 11.2 Å². The normalized spacial score (nSPS) is 19.0. The first kappa shape index (κ1) is 24.1. The summed E-state index contributed by atoms with van der Waals surface area (Å²) < 4.78 is 5.89. The lowest BCUT2D eigenvalue weighted by molar-refractivity contribution is -0.134. The van der Waals surface area contributed by atoms with Crippen LogP contribution in [0.4, 0.5) is 5.69 Å². The third-order valence-corrected chi connectivity index (χ3v) is 7.47. The van der Waals surface area contributed by atoms with Crippen molar-refractivity contribution in [1.29, 1.82) is 0 Å². The first-order chi connectivity index (χ1) is 16.4. The third-order valence-electron chi connectivity index (χ3n) is 7.47. The van der Waals surface area contributed by atoms with E-state index >= 15 is 0 Å². The summed E-state index contributed by atoms with van der Waals surface area (Å²) in [6.45, 7) is 2.25. The van der Waals surface area contributed by atoms with Gasteiger partial charge in [0.05, 0.1) is 0 Å². The van der Waals surface area contributed by atoms with Gasteiger partial charge in [0.2, 0.25) is 0 Å². The second-order valence-corrected chi connectivity index (χ2v) is 10.1. The maximum absolute atomic E-state index is 13.1. The topological polar surface area (TPSA) is 53.1 Å². The van der Waals surface area contributed by atoms with Crippen molar-refractivity contribution in [2.24, 2.45) is 5.41 Å². The minimum Gasteiger partial charge on any atom is -0.483 e. The number of rotatable bonds is 2. The number of nitrogens with zero attached hydrogens (tertiary/aromatic N) is 3. The maximum atomic E-state index is 13.1. The Kier molecular flexibility index (Phi) is 7.44. The third kappa shape index (κ3) is 5.54. The standard InChI is InChI=1S/C28H37N3O3/c1-29(2)24-13-11-23(12-14-24)27(33)31-18-16-28(17-19-31)15-7-6-9-22-8-4-5-10-25(22)34-20-26(32)30(3)21-28/h4-5,8,10-14H,6-7,9,15-21H2,1-3H3. The number of carbonyl (C=O) groups is 2. The fourth-order valence-corrected chi connectivity index (χ4v) is 5.26. The van der Waals surface area contributed by atoms with Crippen molar-refractivity contribution in [2.75, 3.05) is 52.3 Å². The molecule has 6 nitrogen and oxygen atoms in total. The SMILES string of the molecule is CN1CC2(CCCCc3ccccc3OCC1=O)CCN(C(=O)c1ccc(N(C)C)cc1)CC2. The van der Waals surface area contributed by atoms with Gasteiger partial charge in [-0.05, 0) is 73.4 Å². The lowest BCUT2D eigenvalue weighted by atomic mass is 9.73. The van der Waals surface area contributed by atoms with Crippen LogP contribution in [0.1, 0.15) is 48.0 Å². The summed E-state index contributed by atoms with van der Waals surface area (Å²) in [6, 6.07) is 15.9. The second kappa shape index (κ2) is 10.5. The first-order valence-corrected chi connectivity index (χ1v) is 12.4. The zero-order chi connectivity index (χ0) is 24.1. The number of likely N-dealkylation sites (tertiary alicyclic amines) is 1. The van der Waals surface area contributed by atoms with E-state index in [-0.39, 0.29) is 23.8 Å². The Morgan fingerprint density at radius 3 is 2.38 bits per heavy atom. The highest BCUT2D eigenvalue weighted by molar-refractivity contribution is 5.94. The van der Waals surface area contributed by atoms with Crippen LogP contribution in [0.3, 0.4) is 0 Å². The Hall–Kier alpha value is -3.02. The highest BCUT2D eigenvalue weighted by atomic mass is 16.5. The number of likely N-dealkylation sites (N-methyl/N-ethyl adjacent to an activating group) is 1. The van der Waals surface area contributed by atoms with Crippen molar-refractivity contribution >= 4 is 17.5 Å². The number of hydrogen-bond acceptors (Lipinski definition) is 4. The predicted octanol–water partition coefficient (Wildman–Crippen LogP) is 4.24. The Balaban J connectivity index is 1.42. The van der Waals surface area contributed by atoms with E-state index in [4.69, 9.17) is 4.74 Å². The van der Waals surface area contributed by atoms with Gasteiger partial charge in [-0.3, -0.25) is 9.59 Å². The molecule has 2 amide bonds. The van der Waals surface area contributed by atoms with Gasteiger partial charge in [0, 0.05) is 52.0 Å². The molecular weight excluding hydrogens is 426 g/mol. The van der Waals surface area contributed by atoms with Crippen LogP contribution < -0.4 is 9.64 Å². The van der Waals surface area contributed by atoms with Gasteiger partial charge in [0.15, 0.2) is 6.61 Å². The summed E-state index contributed by atoms with van der Waals surface area (Å²) in [7, 11) is 5.88. The van der Waals surface area contributed by atoms with E-state index in [1.165, 1.54) is 5.56 Å². The molecule has 0 radical (unpaired) electrons. The van der Waals surface area contributed by atoms with E-state index < -0.39 is 0 Å². The molecule has 182 valence electrons. The number of benzene rings is 2. The van der Waals surface area contributed by atoms with Gasteiger partial charge in [-0.1, -0.05) is 24.6 Å². The summed E-state index contributed by atoms with van der Waals surface area (Å²) in [5, 5.41) is 0. The summed E-state index contributed by atoms with van der Waals surface area (Å²) in [5.74, 6) is 0.932. The molecule has 2 aromatic rings. The van der Waals surface area contributed by atoms with Crippen molar-refractivity contribution in [2.45, 2.75) is 38.5 Å². The number of amides is 2. The van der Waals surface area contributed by atoms with Crippen LogP contribution in [0.25, 0.3) is 0 Å². The summed E-state index contributed by atoms with van der Waals surface area (Å²) in [4.78, 5) is 31.8. The molecule has 0 aliphatic carbocycles. The number of fused-ring (bicyclic) bond motifs is 1. The van der Waals surface area contributed by atoms with E-state index in [2.05, 4.69) is 6.07 Å².